The highest BCUT2D eigenvalue weighted by molar-refractivity contribution is 5.19. The summed E-state index contributed by atoms with van der Waals surface area (Å²) in [6.45, 7) is 5.77. The second-order valence-corrected chi connectivity index (χ2v) is 8.81. The Kier molecular flexibility index (Phi) is 3.15. The first-order valence-corrected chi connectivity index (χ1v) is 9.46. The summed E-state index contributed by atoms with van der Waals surface area (Å²) in [5, 5.41) is 11.5. The highest BCUT2D eigenvalue weighted by Gasteiger charge is 2.50. The van der Waals surface area contributed by atoms with Gasteiger partial charge in [-0.15, -0.1) is 0 Å². The maximum absolute atomic E-state index is 5.69. The van der Waals surface area contributed by atoms with E-state index in [9.17, 15) is 0 Å². The van der Waals surface area contributed by atoms with E-state index in [1.807, 2.05) is 0 Å². The molecule has 0 radical (unpaired) electrons. The highest BCUT2D eigenvalue weighted by Crippen LogP contribution is 2.49. The Labute approximate surface area is 138 Å². The average molecular weight is 316 g/mol. The van der Waals surface area contributed by atoms with Crippen molar-refractivity contribution in [3.05, 3.63) is 11.7 Å². The van der Waals surface area contributed by atoms with E-state index >= 15 is 0 Å². The Bertz CT molecular complexity index is 580. The smallest absolute Gasteiger partial charge is 0.229 e. The standard InChI is InChI=1S/C18H28N4O/c1-12-8-14(12)20-11-18(6-7-18)16-21-15(23-22-16)13-2-4-17(5-3-13)9-19-10-17/h12-14,19-20H,2-11H2,1H3/t12-,14-/m1/s1. The van der Waals surface area contributed by atoms with Crippen molar-refractivity contribution >= 4 is 0 Å². The summed E-state index contributed by atoms with van der Waals surface area (Å²) < 4.78 is 5.69. The summed E-state index contributed by atoms with van der Waals surface area (Å²) in [7, 11) is 0. The molecule has 4 fully saturated rings. The van der Waals surface area contributed by atoms with Crippen molar-refractivity contribution in [3.63, 3.8) is 0 Å². The molecule has 0 aromatic carbocycles. The van der Waals surface area contributed by atoms with Crippen LogP contribution in [0.5, 0.6) is 0 Å². The summed E-state index contributed by atoms with van der Waals surface area (Å²) in [4.78, 5) is 4.84. The van der Waals surface area contributed by atoms with Crippen LogP contribution in [-0.4, -0.2) is 35.8 Å². The Morgan fingerprint density at radius 2 is 1.96 bits per heavy atom. The topological polar surface area (TPSA) is 63.0 Å². The van der Waals surface area contributed by atoms with Gasteiger partial charge in [0.15, 0.2) is 5.82 Å². The summed E-state index contributed by atoms with van der Waals surface area (Å²) in [5.74, 6) is 3.23. The molecule has 5 nitrogen and oxygen atoms in total. The van der Waals surface area contributed by atoms with E-state index in [0.717, 1.165) is 30.2 Å². The number of aromatic nitrogens is 2. The van der Waals surface area contributed by atoms with Crippen LogP contribution in [0.4, 0.5) is 0 Å². The minimum Gasteiger partial charge on any atom is -0.339 e. The zero-order valence-electron chi connectivity index (χ0n) is 14.1. The molecular formula is C18H28N4O. The van der Waals surface area contributed by atoms with E-state index in [1.54, 1.807) is 0 Å². The van der Waals surface area contributed by atoms with Gasteiger partial charge in [0.2, 0.25) is 5.89 Å². The maximum atomic E-state index is 5.69. The van der Waals surface area contributed by atoms with Gasteiger partial charge >= 0.3 is 0 Å². The van der Waals surface area contributed by atoms with Gasteiger partial charge in [-0.3, -0.25) is 0 Å². The van der Waals surface area contributed by atoms with Gasteiger partial charge in [0.05, 0.1) is 0 Å². The van der Waals surface area contributed by atoms with Gasteiger partial charge in [0.25, 0.3) is 0 Å². The molecule has 0 bridgehead atoms. The molecule has 4 aliphatic rings. The van der Waals surface area contributed by atoms with Crippen LogP contribution in [0.15, 0.2) is 4.52 Å². The van der Waals surface area contributed by atoms with Gasteiger partial charge in [0.1, 0.15) is 0 Å². The Hall–Kier alpha value is -0.940. The molecule has 1 spiro atoms. The predicted molar refractivity (Wildman–Crippen MR) is 87.3 cm³/mol. The van der Waals surface area contributed by atoms with Crippen LogP contribution in [0.25, 0.3) is 0 Å². The predicted octanol–water partition coefficient (Wildman–Crippen LogP) is 2.35. The molecule has 0 amide bonds. The number of nitrogens with one attached hydrogen (secondary N) is 2. The zero-order chi connectivity index (χ0) is 15.5. The van der Waals surface area contributed by atoms with Crippen molar-refractivity contribution in [1.82, 2.24) is 20.8 Å². The van der Waals surface area contributed by atoms with Crippen molar-refractivity contribution in [2.75, 3.05) is 19.6 Å². The number of hydrogen-bond acceptors (Lipinski definition) is 5. The van der Waals surface area contributed by atoms with E-state index < -0.39 is 0 Å². The molecule has 5 heteroatoms. The summed E-state index contributed by atoms with van der Waals surface area (Å²) in [6, 6.07) is 0.726. The molecule has 1 aromatic heterocycles. The summed E-state index contributed by atoms with van der Waals surface area (Å²) in [5.41, 5.74) is 0.778. The van der Waals surface area contributed by atoms with Crippen LogP contribution >= 0.6 is 0 Å². The van der Waals surface area contributed by atoms with Gasteiger partial charge in [-0.1, -0.05) is 12.1 Å². The normalized spacial score (nSPS) is 34.3. The van der Waals surface area contributed by atoms with Crippen LogP contribution in [0, 0.1) is 11.3 Å². The van der Waals surface area contributed by atoms with Crippen LogP contribution < -0.4 is 10.6 Å². The van der Waals surface area contributed by atoms with E-state index in [4.69, 9.17) is 9.51 Å². The first-order valence-electron chi connectivity index (χ1n) is 9.46. The van der Waals surface area contributed by atoms with Gasteiger partial charge < -0.3 is 15.2 Å². The second kappa shape index (κ2) is 5.03. The van der Waals surface area contributed by atoms with Gasteiger partial charge in [-0.05, 0) is 56.3 Å². The van der Waals surface area contributed by atoms with Crippen LogP contribution in [0.1, 0.15) is 69.5 Å². The fraction of sp³-hybridized carbons (Fsp3) is 0.889. The molecule has 2 heterocycles. The van der Waals surface area contributed by atoms with Gasteiger partial charge in [0, 0.05) is 37.0 Å². The third-order valence-corrected chi connectivity index (χ3v) is 6.98. The molecule has 126 valence electrons. The number of rotatable bonds is 5. The van der Waals surface area contributed by atoms with Crippen molar-refractivity contribution in [3.8, 4) is 0 Å². The van der Waals surface area contributed by atoms with Gasteiger partial charge in [-0.2, -0.15) is 4.98 Å². The summed E-state index contributed by atoms with van der Waals surface area (Å²) >= 11 is 0. The molecule has 0 unspecified atom stereocenters. The lowest BCUT2D eigenvalue weighted by atomic mass is 9.67. The fourth-order valence-electron chi connectivity index (χ4n) is 4.49. The molecule has 2 N–H and O–H groups in total. The van der Waals surface area contributed by atoms with E-state index in [-0.39, 0.29) is 5.41 Å². The van der Waals surface area contributed by atoms with E-state index in [0.29, 0.717) is 11.3 Å². The van der Waals surface area contributed by atoms with Crippen molar-refractivity contribution < 1.29 is 4.52 Å². The van der Waals surface area contributed by atoms with E-state index in [1.165, 1.54) is 58.0 Å². The van der Waals surface area contributed by atoms with Crippen molar-refractivity contribution in [2.45, 2.75) is 69.2 Å². The molecule has 3 aliphatic carbocycles. The molecular weight excluding hydrogens is 288 g/mol. The largest absolute Gasteiger partial charge is 0.339 e. The molecule has 1 aromatic rings. The van der Waals surface area contributed by atoms with E-state index in [2.05, 4.69) is 22.7 Å². The summed E-state index contributed by atoms with van der Waals surface area (Å²) in [6.07, 6.45) is 8.80. The zero-order valence-corrected chi connectivity index (χ0v) is 14.1. The molecule has 1 saturated heterocycles. The second-order valence-electron chi connectivity index (χ2n) is 8.81. The lowest BCUT2D eigenvalue weighted by molar-refractivity contribution is 0.0911. The molecule has 1 aliphatic heterocycles. The van der Waals surface area contributed by atoms with Crippen LogP contribution in [0.2, 0.25) is 0 Å². The highest BCUT2D eigenvalue weighted by atomic mass is 16.5. The van der Waals surface area contributed by atoms with Crippen LogP contribution in [-0.2, 0) is 5.41 Å². The van der Waals surface area contributed by atoms with Crippen molar-refractivity contribution in [1.29, 1.82) is 0 Å². The Balaban J connectivity index is 1.22. The quantitative estimate of drug-likeness (QED) is 0.873. The molecule has 23 heavy (non-hydrogen) atoms. The molecule has 5 rings (SSSR count). The minimum absolute atomic E-state index is 0.178. The SMILES string of the molecule is C[C@@H]1C[C@H]1NCC1(c2noc(C3CCC4(CC3)CNC4)n2)CC1. The maximum Gasteiger partial charge on any atom is 0.229 e. The lowest BCUT2D eigenvalue weighted by Crippen LogP contribution is -2.54. The fourth-order valence-corrected chi connectivity index (χ4v) is 4.49. The van der Waals surface area contributed by atoms with Crippen LogP contribution in [0.3, 0.4) is 0 Å². The molecule has 2 atom stereocenters. The third-order valence-electron chi connectivity index (χ3n) is 6.98. The molecule has 3 saturated carbocycles. The third kappa shape index (κ3) is 2.52. The van der Waals surface area contributed by atoms with Crippen molar-refractivity contribution in [2.24, 2.45) is 11.3 Å². The Morgan fingerprint density at radius 3 is 2.52 bits per heavy atom. The number of nitrogens with zero attached hydrogens (tertiary/aromatic N) is 2. The Morgan fingerprint density at radius 1 is 1.22 bits per heavy atom. The lowest BCUT2D eigenvalue weighted by Gasteiger charge is -2.46. The average Bonchev–Trinajstić information content (AvgIpc) is 3.42. The monoisotopic (exact) mass is 316 g/mol. The first-order chi connectivity index (χ1) is 11.2. The number of hydrogen-bond donors (Lipinski definition) is 2. The minimum atomic E-state index is 0.178. The van der Waals surface area contributed by atoms with Gasteiger partial charge in [-0.25, -0.2) is 0 Å². The first kappa shape index (κ1) is 14.4.